The summed E-state index contributed by atoms with van der Waals surface area (Å²) >= 11 is 12.1. The lowest BCUT2D eigenvalue weighted by molar-refractivity contribution is -0.127. The Hall–Kier alpha value is -2.87. The average molecular weight is 448 g/mol. The first-order valence-electron chi connectivity index (χ1n) is 9.01. The van der Waals surface area contributed by atoms with Gasteiger partial charge in [-0.05, 0) is 37.1 Å². The molecule has 0 bridgehead atoms. The third-order valence-electron chi connectivity index (χ3n) is 4.49. The molecule has 1 heterocycles. The largest absolute Gasteiger partial charge is 0.381 e. The first kappa shape index (κ1) is 21.8. The molecule has 30 heavy (non-hydrogen) atoms. The quantitative estimate of drug-likeness (QED) is 0.513. The lowest BCUT2D eigenvalue weighted by Gasteiger charge is -2.22. The number of hydrogen-bond acceptors (Lipinski definition) is 5. The second-order valence-corrected chi connectivity index (χ2v) is 7.62. The number of aliphatic hydroxyl groups excluding tert-OH is 1. The maximum atomic E-state index is 13.1. The molecule has 0 fully saturated rings. The van der Waals surface area contributed by atoms with E-state index in [0.717, 1.165) is 0 Å². The van der Waals surface area contributed by atoms with Gasteiger partial charge in [0.05, 0.1) is 11.7 Å². The SMILES string of the molecule is Cc1noc(-c2ccccc2)c1C(=O)N[C@@H](Cc1cc(Cl)cc(Cl)c1)C(O)C(N)=O. The van der Waals surface area contributed by atoms with Crippen LogP contribution in [0.3, 0.4) is 0 Å². The lowest BCUT2D eigenvalue weighted by atomic mass is 9.99. The van der Waals surface area contributed by atoms with Gasteiger partial charge in [0.15, 0.2) is 11.9 Å². The average Bonchev–Trinajstić information content (AvgIpc) is 3.08. The van der Waals surface area contributed by atoms with Crippen LogP contribution in [0.15, 0.2) is 53.1 Å². The molecule has 156 valence electrons. The summed E-state index contributed by atoms with van der Waals surface area (Å²) < 4.78 is 5.34. The molecule has 3 rings (SSSR count). The third kappa shape index (κ3) is 4.99. The molecule has 1 unspecified atom stereocenters. The highest BCUT2D eigenvalue weighted by molar-refractivity contribution is 6.34. The van der Waals surface area contributed by atoms with Gasteiger partial charge in [0.25, 0.3) is 5.91 Å². The Morgan fingerprint density at radius 3 is 2.40 bits per heavy atom. The van der Waals surface area contributed by atoms with Crippen LogP contribution in [0.4, 0.5) is 0 Å². The third-order valence-corrected chi connectivity index (χ3v) is 4.93. The fourth-order valence-electron chi connectivity index (χ4n) is 3.09. The number of nitrogens with one attached hydrogen (secondary N) is 1. The number of carbonyl (C=O) groups excluding carboxylic acids is 2. The maximum Gasteiger partial charge on any atom is 0.257 e. The number of nitrogens with zero attached hydrogens (tertiary/aromatic N) is 1. The highest BCUT2D eigenvalue weighted by Gasteiger charge is 2.30. The smallest absolute Gasteiger partial charge is 0.257 e. The van der Waals surface area contributed by atoms with Crippen LogP contribution < -0.4 is 11.1 Å². The van der Waals surface area contributed by atoms with Crippen LogP contribution >= 0.6 is 23.2 Å². The minimum absolute atomic E-state index is 0.0706. The Bertz CT molecular complexity index is 1050. The summed E-state index contributed by atoms with van der Waals surface area (Å²) in [6.07, 6.45) is -1.56. The van der Waals surface area contributed by atoms with Crippen LogP contribution in [0, 0.1) is 6.92 Å². The van der Waals surface area contributed by atoms with Crippen LogP contribution in [-0.4, -0.2) is 34.2 Å². The Morgan fingerprint density at radius 2 is 1.80 bits per heavy atom. The molecular weight excluding hydrogens is 429 g/mol. The molecular formula is C21H19Cl2N3O4. The van der Waals surface area contributed by atoms with E-state index in [4.69, 9.17) is 33.5 Å². The van der Waals surface area contributed by atoms with E-state index in [2.05, 4.69) is 10.5 Å². The zero-order valence-corrected chi connectivity index (χ0v) is 17.4. The minimum atomic E-state index is -1.63. The second kappa shape index (κ2) is 9.30. The monoisotopic (exact) mass is 447 g/mol. The van der Waals surface area contributed by atoms with E-state index < -0.39 is 24.0 Å². The fraction of sp³-hybridized carbons (Fsp3) is 0.190. The maximum absolute atomic E-state index is 13.1. The fourth-order valence-corrected chi connectivity index (χ4v) is 3.66. The minimum Gasteiger partial charge on any atom is -0.381 e. The van der Waals surface area contributed by atoms with Crippen molar-refractivity contribution < 1.29 is 19.2 Å². The number of aliphatic hydroxyl groups is 1. The molecule has 2 amide bonds. The zero-order valence-electron chi connectivity index (χ0n) is 15.9. The lowest BCUT2D eigenvalue weighted by Crippen LogP contribution is -2.50. The molecule has 0 aliphatic heterocycles. The van der Waals surface area contributed by atoms with Crippen LogP contribution in [0.2, 0.25) is 10.0 Å². The van der Waals surface area contributed by atoms with Crippen molar-refractivity contribution in [2.45, 2.75) is 25.5 Å². The summed E-state index contributed by atoms with van der Waals surface area (Å²) in [7, 11) is 0. The van der Waals surface area contributed by atoms with E-state index in [-0.39, 0.29) is 17.7 Å². The number of rotatable bonds is 7. The zero-order chi connectivity index (χ0) is 21.8. The van der Waals surface area contributed by atoms with E-state index in [0.29, 0.717) is 26.9 Å². The van der Waals surface area contributed by atoms with Gasteiger partial charge >= 0.3 is 0 Å². The number of amides is 2. The molecule has 0 aliphatic carbocycles. The van der Waals surface area contributed by atoms with Gasteiger partial charge in [0.2, 0.25) is 5.91 Å². The number of benzene rings is 2. The van der Waals surface area contributed by atoms with Crippen molar-refractivity contribution >= 4 is 35.0 Å². The van der Waals surface area contributed by atoms with Crippen LogP contribution in [0.5, 0.6) is 0 Å². The molecule has 7 nitrogen and oxygen atoms in total. The molecule has 0 aliphatic rings. The predicted molar refractivity (Wildman–Crippen MR) is 113 cm³/mol. The van der Waals surface area contributed by atoms with Gasteiger partial charge in [-0.25, -0.2) is 0 Å². The van der Waals surface area contributed by atoms with Gasteiger partial charge in [-0.2, -0.15) is 0 Å². The molecule has 2 atom stereocenters. The van der Waals surface area contributed by atoms with E-state index >= 15 is 0 Å². The van der Waals surface area contributed by atoms with Gasteiger partial charge < -0.3 is 20.7 Å². The Labute approximate surface area is 182 Å². The predicted octanol–water partition coefficient (Wildman–Crippen LogP) is 3.14. The first-order chi connectivity index (χ1) is 14.3. The van der Waals surface area contributed by atoms with Gasteiger partial charge in [-0.3, -0.25) is 9.59 Å². The summed E-state index contributed by atoms with van der Waals surface area (Å²) in [5.74, 6) is -1.26. The molecule has 0 saturated carbocycles. The van der Waals surface area contributed by atoms with E-state index in [1.165, 1.54) is 0 Å². The Balaban J connectivity index is 1.91. The number of aromatic nitrogens is 1. The van der Waals surface area contributed by atoms with Crippen molar-refractivity contribution in [3.63, 3.8) is 0 Å². The molecule has 3 aromatic rings. The molecule has 4 N–H and O–H groups in total. The summed E-state index contributed by atoms with van der Waals surface area (Å²) in [5.41, 5.74) is 7.12. The number of primary amides is 1. The normalized spacial score (nSPS) is 12.9. The van der Waals surface area contributed by atoms with Gasteiger partial charge in [-0.1, -0.05) is 58.7 Å². The Morgan fingerprint density at radius 1 is 1.17 bits per heavy atom. The highest BCUT2D eigenvalue weighted by Crippen LogP contribution is 2.26. The van der Waals surface area contributed by atoms with E-state index in [1.807, 2.05) is 6.07 Å². The Kier molecular flexibility index (Phi) is 6.77. The number of nitrogens with two attached hydrogens (primary N) is 1. The van der Waals surface area contributed by atoms with Gasteiger partial charge in [0.1, 0.15) is 5.56 Å². The molecule has 9 heteroatoms. The standard InChI is InChI=1S/C21H19Cl2N3O4/c1-11-17(19(30-26-11)13-5-3-2-4-6-13)21(29)25-16(18(27)20(24)28)9-12-7-14(22)10-15(23)8-12/h2-8,10,16,18,27H,9H2,1H3,(H2,24,28)(H,25,29)/t16-,18?/m0/s1. The van der Waals surface area contributed by atoms with Gasteiger partial charge in [0, 0.05) is 15.6 Å². The van der Waals surface area contributed by atoms with Crippen LogP contribution in [-0.2, 0) is 11.2 Å². The number of hydrogen-bond donors (Lipinski definition) is 3. The van der Waals surface area contributed by atoms with E-state index in [9.17, 15) is 14.7 Å². The number of carbonyl (C=O) groups is 2. The van der Waals surface area contributed by atoms with Gasteiger partial charge in [-0.15, -0.1) is 0 Å². The number of halogens is 2. The topological polar surface area (TPSA) is 118 Å². The van der Waals surface area contributed by atoms with Crippen LogP contribution in [0.25, 0.3) is 11.3 Å². The van der Waals surface area contributed by atoms with Crippen molar-refractivity contribution in [2.75, 3.05) is 0 Å². The van der Waals surface area contributed by atoms with Crippen molar-refractivity contribution in [1.82, 2.24) is 10.5 Å². The molecule has 2 aromatic carbocycles. The van der Waals surface area contributed by atoms with Crippen molar-refractivity contribution in [1.29, 1.82) is 0 Å². The van der Waals surface area contributed by atoms with Crippen LogP contribution in [0.1, 0.15) is 21.6 Å². The second-order valence-electron chi connectivity index (χ2n) is 6.75. The summed E-state index contributed by atoms with van der Waals surface area (Å²) in [6, 6.07) is 12.8. The first-order valence-corrected chi connectivity index (χ1v) is 9.76. The van der Waals surface area contributed by atoms with E-state index in [1.54, 1.807) is 49.4 Å². The molecule has 1 aromatic heterocycles. The summed E-state index contributed by atoms with van der Waals surface area (Å²) in [4.78, 5) is 24.7. The van der Waals surface area contributed by atoms with Crippen molar-refractivity contribution in [3.8, 4) is 11.3 Å². The molecule has 0 saturated heterocycles. The van der Waals surface area contributed by atoms with Crippen molar-refractivity contribution in [2.24, 2.45) is 5.73 Å². The highest BCUT2D eigenvalue weighted by atomic mass is 35.5. The molecule has 0 radical (unpaired) electrons. The number of aryl methyl sites for hydroxylation is 1. The molecule has 0 spiro atoms. The van der Waals surface area contributed by atoms with Crippen molar-refractivity contribution in [3.05, 3.63) is 75.4 Å². The summed E-state index contributed by atoms with van der Waals surface area (Å²) in [6.45, 7) is 1.63. The summed E-state index contributed by atoms with van der Waals surface area (Å²) in [5, 5.41) is 17.6.